The van der Waals surface area contributed by atoms with Gasteiger partial charge >= 0.3 is 0 Å². The number of hydrogen-bond acceptors (Lipinski definition) is 3. The van der Waals surface area contributed by atoms with Crippen LogP contribution in [0.5, 0.6) is 0 Å². The summed E-state index contributed by atoms with van der Waals surface area (Å²) in [6.45, 7) is 6.89. The number of nitrogens with zero attached hydrogens (tertiary/aromatic N) is 1. The lowest BCUT2D eigenvalue weighted by Gasteiger charge is -2.33. The van der Waals surface area contributed by atoms with Crippen molar-refractivity contribution in [3.8, 4) is 0 Å². The molecule has 2 rings (SSSR count). The van der Waals surface area contributed by atoms with Crippen LogP contribution in [-0.2, 0) is 9.53 Å². The number of rotatable bonds is 11. The number of allylic oxidation sites excluding steroid dienone is 5. The minimum absolute atomic E-state index is 0.176. The first-order valence-electron chi connectivity index (χ1n) is 11.2. The average molecular weight is 440 g/mol. The van der Waals surface area contributed by atoms with Gasteiger partial charge in [-0.2, -0.15) is 11.8 Å². The first-order chi connectivity index (χ1) is 14.0. The molecular formula is C24H38ClNO2S. The van der Waals surface area contributed by atoms with Crippen molar-refractivity contribution >= 4 is 29.3 Å². The molecule has 0 radical (unpaired) electrons. The van der Waals surface area contributed by atoms with Crippen molar-refractivity contribution in [1.82, 2.24) is 4.90 Å². The molecule has 164 valence electrons. The number of carbonyl (C=O) groups is 1. The van der Waals surface area contributed by atoms with Crippen molar-refractivity contribution in [2.75, 3.05) is 32.6 Å². The molecule has 1 aliphatic heterocycles. The van der Waals surface area contributed by atoms with Crippen LogP contribution in [0.15, 0.2) is 34.4 Å². The van der Waals surface area contributed by atoms with Crippen LogP contribution in [0.2, 0.25) is 0 Å². The lowest BCUT2D eigenvalue weighted by molar-refractivity contribution is -0.129. The third kappa shape index (κ3) is 8.51. The molecule has 0 bridgehead atoms. The average Bonchev–Trinajstić information content (AvgIpc) is 2.72. The van der Waals surface area contributed by atoms with E-state index in [1.54, 1.807) is 7.11 Å². The monoisotopic (exact) mass is 439 g/mol. The predicted molar refractivity (Wildman–Crippen MR) is 127 cm³/mol. The second kappa shape index (κ2) is 13.6. The lowest BCUT2D eigenvalue weighted by Crippen LogP contribution is -2.42. The normalized spacial score (nSPS) is 21.6. The summed E-state index contributed by atoms with van der Waals surface area (Å²) in [5.41, 5.74) is 1.89. The number of thioether (sulfide) groups is 1. The van der Waals surface area contributed by atoms with Gasteiger partial charge in [0, 0.05) is 41.8 Å². The predicted octanol–water partition coefficient (Wildman–Crippen LogP) is 6.34. The molecule has 0 spiro atoms. The quantitative estimate of drug-likeness (QED) is 0.277. The van der Waals surface area contributed by atoms with E-state index < -0.39 is 0 Å². The van der Waals surface area contributed by atoms with Gasteiger partial charge in [-0.1, -0.05) is 56.9 Å². The Balaban J connectivity index is 2.09. The Morgan fingerprint density at radius 3 is 3.00 bits per heavy atom. The summed E-state index contributed by atoms with van der Waals surface area (Å²) in [5.74, 6) is 1.37. The van der Waals surface area contributed by atoms with Gasteiger partial charge in [-0.15, -0.1) is 0 Å². The second-order valence-electron chi connectivity index (χ2n) is 8.30. The van der Waals surface area contributed by atoms with Crippen molar-refractivity contribution in [2.45, 2.75) is 70.5 Å². The first kappa shape index (κ1) is 24.6. The van der Waals surface area contributed by atoms with Crippen molar-refractivity contribution in [1.29, 1.82) is 0 Å². The maximum atomic E-state index is 13.4. The molecule has 0 aromatic carbocycles. The van der Waals surface area contributed by atoms with Crippen LogP contribution in [0, 0.1) is 5.92 Å². The summed E-state index contributed by atoms with van der Waals surface area (Å²) in [4.78, 5) is 15.4. The van der Waals surface area contributed by atoms with Gasteiger partial charge in [-0.05, 0) is 49.7 Å². The van der Waals surface area contributed by atoms with Crippen LogP contribution >= 0.6 is 23.4 Å². The molecule has 0 saturated carbocycles. The minimum Gasteiger partial charge on any atom is -0.384 e. The number of unbranched alkanes of at least 4 members (excludes halogenated alkanes) is 2. The molecule has 1 aliphatic carbocycles. The third-order valence-electron chi connectivity index (χ3n) is 5.69. The first-order valence-corrected chi connectivity index (χ1v) is 12.6. The topological polar surface area (TPSA) is 29.5 Å². The van der Waals surface area contributed by atoms with Crippen molar-refractivity contribution in [3.05, 3.63) is 34.4 Å². The summed E-state index contributed by atoms with van der Waals surface area (Å²) in [6.07, 6.45) is 15.3. The van der Waals surface area contributed by atoms with Crippen LogP contribution in [0.1, 0.15) is 65.2 Å². The van der Waals surface area contributed by atoms with E-state index in [0.29, 0.717) is 11.2 Å². The summed E-state index contributed by atoms with van der Waals surface area (Å²) in [7, 11) is 1.74. The van der Waals surface area contributed by atoms with Gasteiger partial charge < -0.3 is 9.64 Å². The molecular weight excluding hydrogens is 402 g/mol. The van der Waals surface area contributed by atoms with E-state index in [0.717, 1.165) is 67.3 Å². The number of piperidine rings is 1. The molecule has 0 aromatic heterocycles. The number of carbonyl (C=O) groups excluding carboxylic acids is 1. The Hall–Kier alpha value is -0.710. The molecule has 2 unspecified atom stereocenters. The SMILES string of the molecule is CCCCCC(C)SC/C(=C\C1=C(Cl)CCC=C1)C(=O)N1CCCC(COC)C1. The highest BCUT2D eigenvalue weighted by Crippen LogP contribution is 2.28. The van der Waals surface area contributed by atoms with Gasteiger partial charge in [-0.25, -0.2) is 0 Å². The summed E-state index contributed by atoms with van der Waals surface area (Å²) in [5, 5.41) is 1.43. The Kier molecular flexibility index (Phi) is 11.5. The van der Waals surface area contributed by atoms with Crippen LogP contribution in [0.4, 0.5) is 0 Å². The zero-order valence-electron chi connectivity index (χ0n) is 18.4. The molecule has 1 fully saturated rings. The Labute approximate surface area is 187 Å². The Bertz CT molecular complexity index is 612. The maximum Gasteiger partial charge on any atom is 0.250 e. The smallest absolute Gasteiger partial charge is 0.250 e. The van der Waals surface area contributed by atoms with E-state index in [2.05, 4.69) is 26.0 Å². The van der Waals surface area contributed by atoms with Gasteiger partial charge in [0.25, 0.3) is 5.91 Å². The van der Waals surface area contributed by atoms with E-state index in [4.69, 9.17) is 16.3 Å². The number of amides is 1. The zero-order valence-corrected chi connectivity index (χ0v) is 20.0. The molecule has 2 atom stereocenters. The largest absolute Gasteiger partial charge is 0.384 e. The maximum absolute atomic E-state index is 13.4. The minimum atomic E-state index is 0.176. The van der Waals surface area contributed by atoms with Crippen molar-refractivity contribution in [2.24, 2.45) is 5.92 Å². The molecule has 1 amide bonds. The van der Waals surface area contributed by atoms with Gasteiger partial charge in [0.1, 0.15) is 0 Å². The molecule has 5 heteroatoms. The van der Waals surface area contributed by atoms with Crippen molar-refractivity contribution in [3.63, 3.8) is 0 Å². The fraction of sp³-hybridized carbons (Fsp3) is 0.708. The van der Waals surface area contributed by atoms with E-state index in [1.165, 1.54) is 25.7 Å². The van der Waals surface area contributed by atoms with E-state index in [-0.39, 0.29) is 5.91 Å². The number of halogens is 1. The summed E-state index contributed by atoms with van der Waals surface area (Å²) < 4.78 is 5.34. The van der Waals surface area contributed by atoms with E-state index in [9.17, 15) is 4.79 Å². The number of hydrogen-bond donors (Lipinski definition) is 0. The van der Waals surface area contributed by atoms with E-state index in [1.807, 2.05) is 22.7 Å². The fourth-order valence-electron chi connectivity index (χ4n) is 3.96. The summed E-state index contributed by atoms with van der Waals surface area (Å²) >= 11 is 8.36. The van der Waals surface area contributed by atoms with Crippen LogP contribution < -0.4 is 0 Å². The molecule has 1 heterocycles. The molecule has 0 N–H and O–H groups in total. The van der Waals surface area contributed by atoms with Gasteiger partial charge in [0.2, 0.25) is 0 Å². The third-order valence-corrected chi connectivity index (χ3v) is 7.38. The zero-order chi connectivity index (χ0) is 21.1. The molecule has 3 nitrogen and oxygen atoms in total. The van der Waals surface area contributed by atoms with Crippen LogP contribution in [0.3, 0.4) is 0 Å². The number of likely N-dealkylation sites (tertiary alicyclic amines) is 1. The molecule has 0 aromatic rings. The second-order valence-corrected chi connectivity index (χ2v) is 10.2. The highest BCUT2D eigenvalue weighted by atomic mass is 35.5. The highest BCUT2D eigenvalue weighted by molar-refractivity contribution is 8.00. The Morgan fingerprint density at radius 2 is 2.28 bits per heavy atom. The molecule has 1 saturated heterocycles. The van der Waals surface area contributed by atoms with Crippen LogP contribution in [0.25, 0.3) is 0 Å². The number of ether oxygens (including phenoxy) is 1. The fourth-order valence-corrected chi connectivity index (χ4v) is 5.19. The lowest BCUT2D eigenvalue weighted by atomic mass is 9.98. The molecule has 2 aliphatic rings. The molecule has 29 heavy (non-hydrogen) atoms. The standard InChI is InChI=1S/C24H38ClNO2S/c1-4-5-6-10-19(2)29-18-22(15-21-12-7-8-13-23(21)25)24(27)26-14-9-11-20(16-26)17-28-3/h7,12,15,19-20H,4-6,8-11,13-14,16-18H2,1-3H3/b22-15+. The van der Waals surface area contributed by atoms with Crippen LogP contribution in [-0.4, -0.2) is 48.6 Å². The van der Waals surface area contributed by atoms with Gasteiger partial charge in [0.05, 0.1) is 6.61 Å². The number of methoxy groups -OCH3 is 1. The van der Waals surface area contributed by atoms with Gasteiger partial charge in [0.15, 0.2) is 0 Å². The highest BCUT2D eigenvalue weighted by Gasteiger charge is 2.26. The van der Waals surface area contributed by atoms with Gasteiger partial charge in [-0.3, -0.25) is 4.79 Å². The van der Waals surface area contributed by atoms with E-state index >= 15 is 0 Å². The Morgan fingerprint density at radius 1 is 1.45 bits per heavy atom. The van der Waals surface area contributed by atoms with Crippen molar-refractivity contribution < 1.29 is 9.53 Å². The summed E-state index contributed by atoms with van der Waals surface area (Å²) in [6, 6.07) is 0.